The van der Waals surface area contributed by atoms with Gasteiger partial charge >= 0.3 is 0 Å². The van der Waals surface area contributed by atoms with E-state index in [1.54, 1.807) is 0 Å². The van der Waals surface area contributed by atoms with Crippen molar-refractivity contribution in [2.75, 3.05) is 4.90 Å². The van der Waals surface area contributed by atoms with Crippen LogP contribution in [0.4, 0.5) is 17.1 Å². The Morgan fingerprint density at radius 1 is 0.382 bits per heavy atom. The van der Waals surface area contributed by atoms with E-state index in [1.807, 2.05) is 11.3 Å². The lowest BCUT2D eigenvalue weighted by atomic mass is 10.00. The number of rotatable bonds is 6. The molecular formula is C52H34N2S. The summed E-state index contributed by atoms with van der Waals surface area (Å²) in [5.74, 6) is 0. The lowest BCUT2D eigenvalue weighted by molar-refractivity contribution is 1.19. The highest BCUT2D eigenvalue weighted by Crippen LogP contribution is 2.45. The summed E-state index contributed by atoms with van der Waals surface area (Å²) in [6, 6.07) is 75.2. The molecule has 2 aromatic heterocycles. The normalized spacial score (nSPS) is 11.6. The van der Waals surface area contributed by atoms with Gasteiger partial charge in [-0.05, 0) is 88.8 Å². The van der Waals surface area contributed by atoms with Crippen molar-refractivity contribution in [2.24, 2.45) is 0 Å². The highest BCUT2D eigenvalue weighted by atomic mass is 32.1. The molecule has 0 fully saturated rings. The third-order valence-corrected chi connectivity index (χ3v) is 12.1. The van der Waals surface area contributed by atoms with Crippen LogP contribution in [-0.4, -0.2) is 4.57 Å². The number of hydrogen-bond donors (Lipinski definition) is 0. The molecule has 11 rings (SSSR count). The monoisotopic (exact) mass is 718 g/mol. The summed E-state index contributed by atoms with van der Waals surface area (Å²) in [5, 5.41) is 7.60. The molecule has 55 heavy (non-hydrogen) atoms. The fourth-order valence-corrected chi connectivity index (χ4v) is 9.51. The SMILES string of the molecule is c1ccc(-c2ccccc2N(c2ccc(-c3ccc4c(c3)c3ccc5ccccc5c3n4-c3ccccc3)cc2)c2ccc3sc4ccccc4c3c2)cc1. The first-order valence-electron chi connectivity index (χ1n) is 18.8. The molecular weight excluding hydrogens is 685 g/mol. The van der Waals surface area contributed by atoms with E-state index in [2.05, 4.69) is 216 Å². The molecule has 0 saturated heterocycles. The standard InChI is InChI=1S/C52H34N2S/c1-3-13-36(14-4-1)42-18-9-11-21-48(42)53(41-29-32-51-47(34-41)44-20-10-12-22-50(44)55-51)40-27-23-35(24-28-40)38-26-31-49-46(33-38)45-30-25-37-15-7-8-19-43(37)52(45)54(49)39-16-5-2-6-17-39/h1-34H. The molecule has 0 atom stereocenters. The lowest BCUT2D eigenvalue weighted by Gasteiger charge is -2.28. The molecule has 11 aromatic rings. The number of aromatic nitrogens is 1. The van der Waals surface area contributed by atoms with Crippen molar-refractivity contribution >= 4 is 81.1 Å². The summed E-state index contributed by atoms with van der Waals surface area (Å²) in [4.78, 5) is 2.42. The number of nitrogens with zero attached hydrogens (tertiary/aromatic N) is 2. The molecule has 3 heteroatoms. The molecule has 9 aromatic carbocycles. The molecule has 0 radical (unpaired) electrons. The summed E-state index contributed by atoms with van der Waals surface area (Å²) < 4.78 is 5.04. The lowest BCUT2D eigenvalue weighted by Crippen LogP contribution is -2.11. The fourth-order valence-electron chi connectivity index (χ4n) is 8.42. The summed E-state index contributed by atoms with van der Waals surface area (Å²) >= 11 is 1.86. The Morgan fingerprint density at radius 3 is 1.91 bits per heavy atom. The highest BCUT2D eigenvalue weighted by molar-refractivity contribution is 7.25. The van der Waals surface area contributed by atoms with Crippen molar-refractivity contribution < 1.29 is 0 Å². The molecule has 0 saturated carbocycles. The first-order chi connectivity index (χ1) is 27.3. The van der Waals surface area contributed by atoms with Crippen molar-refractivity contribution in [3.8, 4) is 27.9 Å². The van der Waals surface area contributed by atoms with E-state index in [0.717, 1.165) is 17.1 Å². The maximum atomic E-state index is 2.43. The second kappa shape index (κ2) is 12.9. The van der Waals surface area contributed by atoms with Crippen LogP contribution in [0, 0.1) is 0 Å². The average molecular weight is 719 g/mol. The molecule has 0 amide bonds. The molecule has 2 nitrogen and oxygen atoms in total. The smallest absolute Gasteiger partial charge is 0.0619 e. The van der Waals surface area contributed by atoms with E-state index < -0.39 is 0 Å². The first kappa shape index (κ1) is 31.6. The van der Waals surface area contributed by atoms with Gasteiger partial charge in [-0.3, -0.25) is 0 Å². The fraction of sp³-hybridized carbons (Fsp3) is 0. The van der Waals surface area contributed by atoms with Crippen LogP contribution in [0.15, 0.2) is 206 Å². The van der Waals surface area contributed by atoms with Gasteiger partial charge in [-0.25, -0.2) is 0 Å². The van der Waals surface area contributed by atoms with E-state index in [0.29, 0.717) is 0 Å². The molecule has 0 unspecified atom stereocenters. The summed E-state index contributed by atoms with van der Waals surface area (Å²) in [6.45, 7) is 0. The topological polar surface area (TPSA) is 8.17 Å². The minimum absolute atomic E-state index is 1.11. The van der Waals surface area contributed by atoms with Gasteiger partial charge in [-0.1, -0.05) is 140 Å². The van der Waals surface area contributed by atoms with Gasteiger partial charge in [0.05, 0.1) is 16.7 Å². The van der Waals surface area contributed by atoms with Crippen LogP contribution in [0.2, 0.25) is 0 Å². The van der Waals surface area contributed by atoms with Gasteiger partial charge in [-0.15, -0.1) is 11.3 Å². The summed E-state index contributed by atoms with van der Waals surface area (Å²) in [7, 11) is 0. The van der Waals surface area contributed by atoms with E-state index in [-0.39, 0.29) is 0 Å². The number of anilines is 3. The zero-order chi connectivity index (χ0) is 36.3. The van der Waals surface area contributed by atoms with Gasteiger partial charge in [0.1, 0.15) is 0 Å². The van der Waals surface area contributed by atoms with Crippen molar-refractivity contribution in [2.45, 2.75) is 0 Å². The van der Waals surface area contributed by atoms with Crippen LogP contribution in [-0.2, 0) is 0 Å². The molecule has 258 valence electrons. The third kappa shape index (κ3) is 5.24. The Hall–Kier alpha value is -6.94. The summed E-state index contributed by atoms with van der Waals surface area (Å²) in [6.07, 6.45) is 0. The maximum absolute atomic E-state index is 2.43. The van der Waals surface area contributed by atoms with E-state index in [1.165, 1.54) is 80.7 Å². The Bertz CT molecular complexity index is 3190. The van der Waals surface area contributed by atoms with Crippen molar-refractivity contribution in [3.05, 3.63) is 206 Å². The van der Waals surface area contributed by atoms with Crippen LogP contribution in [0.3, 0.4) is 0 Å². The minimum atomic E-state index is 1.11. The first-order valence-corrected chi connectivity index (χ1v) is 19.6. The van der Waals surface area contributed by atoms with Crippen molar-refractivity contribution in [1.29, 1.82) is 0 Å². The highest BCUT2D eigenvalue weighted by Gasteiger charge is 2.20. The molecule has 0 spiro atoms. The molecule has 0 bridgehead atoms. The molecule has 0 N–H and O–H groups in total. The van der Waals surface area contributed by atoms with Crippen LogP contribution < -0.4 is 4.90 Å². The number of fused-ring (bicyclic) bond motifs is 8. The Kier molecular flexibility index (Phi) is 7.39. The molecule has 0 aliphatic rings. The van der Waals surface area contributed by atoms with Crippen molar-refractivity contribution in [1.82, 2.24) is 4.57 Å². The predicted molar refractivity (Wildman–Crippen MR) is 237 cm³/mol. The van der Waals surface area contributed by atoms with Gasteiger partial charge in [0.2, 0.25) is 0 Å². The van der Waals surface area contributed by atoms with Crippen LogP contribution >= 0.6 is 11.3 Å². The molecule has 2 heterocycles. The third-order valence-electron chi connectivity index (χ3n) is 11.0. The number of hydrogen-bond acceptors (Lipinski definition) is 2. The van der Waals surface area contributed by atoms with Gasteiger partial charge in [0.15, 0.2) is 0 Å². The quantitative estimate of drug-likeness (QED) is 0.166. The van der Waals surface area contributed by atoms with Crippen LogP contribution in [0.1, 0.15) is 0 Å². The number of benzene rings is 9. The predicted octanol–water partition coefficient (Wildman–Crippen LogP) is 15.1. The Morgan fingerprint density at radius 2 is 1.05 bits per heavy atom. The number of para-hydroxylation sites is 2. The Balaban J connectivity index is 1.07. The Labute approximate surface area is 323 Å². The van der Waals surface area contributed by atoms with Crippen LogP contribution in [0.25, 0.3) is 80.7 Å². The van der Waals surface area contributed by atoms with E-state index in [4.69, 9.17) is 0 Å². The largest absolute Gasteiger partial charge is 0.310 e. The maximum Gasteiger partial charge on any atom is 0.0619 e. The minimum Gasteiger partial charge on any atom is -0.310 e. The van der Waals surface area contributed by atoms with Gasteiger partial charge < -0.3 is 9.47 Å². The zero-order valence-corrected chi connectivity index (χ0v) is 30.7. The summed E-state index contributed by atoms with van der Waals surface area (Å²) in [5.41, 5.74) is 11.8. The van der Waals surface area contributed by atoms with Gasteiger partial charge in [-0.2, -0.15) is 0 Å². The van der Waals surface area contributed by atoms with Crippen LogP contribution in [0.5, 0.6) is 0 Å². The van der Waals surface area contributed by atoms with E-state index in [9.17, 15) is 0 Å². The van der Waals surface area contributed by atoms with Crippen molar-refractivity contribution in [3.63, 3.8) is 0 Å². The van der Waals surface area contributed by atoms with Gasteiger partial charge in [0, 0.05) is 59.0 Å². The van der Waals surface area contributed by atoms with Gasteiger partial charge in [0.25, 0.3) is 0 Å². The average Bonchev–Trinajstić information content (AvgIpc) is 3.80. The second-order valence-corrected chi connectivity index (χ2v) is 15.2. The molecule has 0 aliphatic carbocycles. The second-order valence-electron chi connectivity index (χ2n) is 14.1. The number of thiophene rings is 1. The molecule has 0 aliphatic heterocycles. The zero-order valence-electron chi connectivity index (χ0n) is 29.9. The van der Waals surface area contributed by atoms with E-state index >= 15 is 0 Å².